The molecule has 3 aliphatic heterocycles. The number of amides is 2. The van der Waals surface area contributed by atoms with Crippen molar-refractivity contribution in [2.24, 2.45) is 0 Å². The number of rotatable bonds is 4. The fourth-order valence-electron chi connectivity index (χ4n) is 5.67. The van der Waals surface area contributed by atoms with E-state index >= 15 is 0 Å². The number of piperidine rings is 1. The van der Waals surface area contributed by atoms with Crippen molar-refractivity contribution in [3.05, 3.63) is 57.6 Å². The molecule has 0 aromatic heterocycles. The van der Waals surface area contributed by atoms with E-state index in [0.29, 0.717) is 13.0 Å². The molecule has 6 nitrogen and oxygen atoms in total. The molecule has 0 saturated carbocycles. The van der Waals surface area contributed by atoms with Crippen molar-refractivity contribution in [3.63, 3.8) is 0 Å². The first kappa shape index (κ1) is 21.3. The zero-order valence-electron chi connectivity index (χ0n) is 18.3. The molecule has 2 fully saturated rings. The summed E-state index contributed by atoms with van der Waals surface area (Å²) in [6.45, 7) is 0.661. The molecule has 0 spiro atoms. The lowest BCUT2D eigenvalue weighted by atomic mass is 9.78. The van der Waals surface area contributed by atoms with Crippen LogP contribution in [-0.4, -0.2) is 54.5 Å². The van der Waals surface area contributed by atoms with Crippen LogP contribution in [0.2, 0.25) is 0 Å². The average molecular weight is 499 g/mol. The highest BCUT2D eigenvalue weighted by Gasteiger charge is 2.53. The van der Waals surface area contributed by atoms with Gasteiger partial charge in [0.05, 0.1) is 32.7 Å². The third-order valence-corrected chi connectivity index (χ3v) is 7.60. The Labute approximate surface area is 196 Å². The molecule has 2 aromatic rings. The van der Waals surface area contributed by atoms with E-state index in [2.05, 4.69) is 15.9 Å². The minimum Gasteiger partial charge on any atom is -0.497 e. The molecule has 3 atom stereocenters. The second kappa shape index (κ2) is 8.43. The highest BCUT2D eigenvalue weighted by Crippen LogP contribution is 2.48. The predicted molar refractivity (Wildman–Crippen MR) is 124 cm³/mol. The van der Waals surface area contributed by atoms with Gasteiger partial charge in [-0.05, 0) is 55.0 Å². The largest absolute Gasteiger partial charge is 0.497 e. The predicted octanol–water partition coefficient (Wildman–Crippen LogP) is 3.90. The summed E-state index contributed by atoms with van der Waals surface area (Å²) in [5, 5.41) is 0. The number of carbonyl (C=O) groups excluding carboxylic acids is 2. The molecule has 5 rings (SSSR count). The van der Waals surface area contributed by atoms with Crippen LogP contribution in [0.15, 0.2) is 40.9 Å². The van der Waals surface area contributed by atoms with Gasteiger partial charge in [0.15, 0.2) is 0 Å². The first-order valence-corrected chi connectivity index (χ1v) is 11.9. The lowest BCUT2D eigenvalue weighted by Gasteiger charge is -2.55. The Morgan fingerprint density at radius 2 is 1.91 bits per heavy atom. The summed E-state index contributed by atoms with van der Waals surface area (Å²) in [6.07, 6.45) is 3.62. The van der Waals surface area contributed by atoms with Crippen LogP contribution in [-0.2, 0) is 22.4 Å². The molecule has 0 radical (unpaired) electrons. The van der Waals surface area contributed by atoms with Gasteiger partial charge in [-0.15, -0.1) is 0 Å². The van der Waals surface area contributed by atoms with Crippen molar-refractivity contribution < 1.29 is 19.1 Å². The number of methoxy groups -OCH3 is 2. The highest BCUT2D eigenvalue weighted by molar-refractivity contribution is 9.10. The van der Waals surface area contributed by atoms with E-state index in [1.54, 1.807) is 14.2 Å². The van der Waals surface area contributed by atoms with Crippen LogP contribution in [0, 0.1) is 0 Å². The minimum atomic E-state index is -0.362. The lowest BCUT2D eigenvalue weighted by Crippen LogP contribution is -2.67. The monoisotopic (exact) mass is 498 g/mol. The Morgan fingerprint density at radius 1 is 1.12 bits per heavy atom. The van der Waals surface area contributed by atoms with E-state index < -0.39 is 0 Å². The quantitative estimate of drug-likeness (QED) is 0.641. The first-order chi connectivity index (χ1) is 15.5. The van der Waals surface area contributed by atoms with Gasteiger partial charge in [0.1, 0.15) is 17.5 Å². The van der Waals surface area contributed by atoms with Gasteiger partial charge in [0, 0.05) is 22.6 Å². The van der Waals surface area contributed by atoms with E-state index in [0.717, 1.165) is 58.3 Å². The van der Waals surface area contributed by atoms with Gasteiger partial charge < -0.3 is 19.3 Å². The maximum Gasteiger partial charge on any atom is 0.245 e. The average Bonchev–Trinajstić information content (AvgIpc) is 2.82. The summed E-state index contributed by atoms with van der Waals surface area (Å²) in [6, 6.07) is 11.2. The number of benzene rings is 2. The lowest BCUT2D eigenvalue weighted by molar-refractivity contribution is -0.166. The molecule has 0 N–H and O–H groups in total. The van der Waals surface area contributed by atoms with Gasteiger partial charge in [-0.2, -0.15) is 0 Å². The molecular weight excluding hydrogens is 472 g/mol. The molecule has 3 aliphatic rings. The van der Waals surface area contributed by atoms with Crippen molar-refractivity contribution in [2.75, 3.05) is 20.8 Å². The van der Waals surface area contributed by atoms with Crippen LogP contribution in [0.5, 0.6) is 11.5 Å². The Hall–Kier alpha value is -2.54. The van der Waals surface area contributed by atoms with Gasteiger partial charge in [-0.1, -0.05) is 28.1 Å². The fourth-order valence-corrected chi connectivity index (χ4v) is 5.93. The Bertz CT molecular complexity index is 1040. The van der Waals surface area contributed by atoms with Gasteiger partial charge >= 0.3 is 0 Å². The summed E-state index contributed by atoms with van der Waals surface area (Å²) >= 11 is 3.45. The topological polar surface area (TPSA) is 59.1 Å². The highest BCUT2D eigenvalue weighted by atomic mass is 79.9. The summed E-state index contributed by atoms with van der Waals surface area (Å²) in [7, 11) is 3.30. The summed E-state index contributed by atoms with van der Waals surface area (Å²) in [5.74, 6) is 1.57. The Balaban J connectivity index is 1.54. The van der Waals surface area contributed by atoms with Crippen molar-refractivity contribution in [1.82, 2.24) is 9.80 Å². The van der Waals surface area contributed by atoms with Crippen molar-refractivity contribution >= 4 is 27.7 Å². The smallest absolute Gasteiger partial charge is 0.245 e. The molecule has 7 heteroatoms. The maximum atomic E-state index is 13.6. The molecule has 2 saturated heterocycles. The molecule has 3 heterocycles. The number of hydrogen-bond acceptors (Lipinski definition) is 4. The number of hydrogen-bond donors (Lipinski definition) is 0. The van der Waals surface area contributed by atoms with Crippen LogP contribution in [0.4, 0.5) is 0 Å². The second-order valence-electron chi connectivity index (χ2n) is 8.75. The number of carbonyl (C=O) groups is 2. The number of halogens is 1. The van der Waals surface area contributed by atoms with Gasteiger partial charge in [0.25, 0.3) is 0 Å². The van der Waals surface area contributed by atoms with Gasteiger partial charge in [-0.25, -0.2) is 0 Å². The normalized spacial score (nSPS) is 24.0. The standard InChI is InChI=1S/C25H27BrN2O4/c1-31-18-13-16-10-11-27-24(23(16)21(14-18)32-2)19-4-3-5-20(25(27)30)28(19)22(29)12-15-6-8-17(26)9-7-15/h6-9,13-14,19-20,24H,3-5,10-12H2,1-2H3. The summed E-state index contributed by atoms with van der Waals surface area (Å²) in [5.41, 5.74) is 3.12. The third-order valence-electron chi connectivity index (χ3n) is 7.07. The molecule has 32 heavy (non-hydrogen) atoms. The number of fused-ring (bicyclic) bond motifs is 6. The first-order valence-electron chi connectivity index (χ1n) is 11.1. The van der Waals surface area contributed by atoms with Crippen LogP contribution < -0.4 is 9.47 Å². The molecule has 2 aromatic carbocycles. The molecule has 3 unspecified atom stereocenters. The van der Waals surface area contributed by atoms with Crippen LogP contribution in [0.1, 0.15) is 42.0 Å². The van der Waals surface area contributed by atoms with Crippen LogP contribution in [0.3, 0.4) is 0 Å². The Kier molecular flexibility index (Phi) is 5.61. The van der Waals surface area contributed by atoms with Crippen LogP contribution in [0.25, 0.3) is 0 Å². The van der Waals surface area contributed by atoms with Gasteiger partial charge in [0.2, 0.25) is 11.8 Å². The van der Waals surface area contributed by atoms with E-state index in [1.807, 2.05) is 46.2 Å². The SMILES string of the molecule is COc1cc2c(c(OC)c1)C1C3CCCC(C(=O)N1CC2)N3C(=O)Cc1ccc(Br)cc1. The van der Waals surface area contributed by atoms with Crippen molar-refractivity contribution in [3.8, 4) is 11.5 Å². The number of ether oxygens (including phenoxy) is 2. The summed E-state index contributed by atoms with van der Waals surface area (Å²) in [4.78, 5) is 31.0. The molecule has 0 aliphatic carbocycles. The minimum absolute atomic E-state index is 0.0228. The zero-order chi connectivity index (χ0) is 22.4. The van der Waals surface area contributed by atoms with E-state index in [4.69, 9.17) is 9.47 Å². The zero-order valence-corrected chi connectivity index (χ0v) is 19.9. The molecule has 168 valence electrons. The maximum absolute atomic E-state index is 13.6. The van der Waals surface area contributed by atoms with Gasteiger partial charge in [-0.3, -0.25) is 9.59 Å². The van der Waals surface area contributed by atoms with Crippen molar-refractivity contribution in [1.29, 1.82) is 0 Å². The second-order valence-corrected chi connectivity index (χ2v) is 9.66. The molecular formula is C25H27BrN2O4. The third kappa shape index (κ3) is 3.47. The molecule has 2 amide bonds. The Morgan fingerprint density at radius 3 is 2.62 bits per heavy atom. The van der Waals surface area contributed by atoms with Crippen molar-refractivity contribution in [2.45, 2.75) is 50.2 Å². The molecule has 2 bridgehead atoms. The van der Waals surface area contributed by atoms with E-state index in [9.17, 15) is 9.59 Å². The van der Waals surface area contributed by atoms with E-state index in [-0.39, 0.29) is 29.9 Å². The number of nitrogens with zero attached hydrogens (tertiary/aromatic N) is 2. The fraction of sp³-hybridized carbons (Fsp3) is 0.440. The number of piperazine rings is 1. The summed E-state index contributed by atoms with van der Waals surface area (Å²) < 4.78 is 12.2. The van der Waals surface area contributed by atoms with Crippen LogP contribution >= 0.6 is 15.9 Å². The van der Waals surface area contributed by atoms with E-state index in [1.165, 1.54) is 0 Å².